The molecular formula is C22H24N2O2. The second-order valence-electron chi connectivity index (χ2n) is 7.46. The van der Waals surface area contributed by atoms with E-state index in [2.05, 4.69) is 36.1 Å². The van der Waals surface area contributed by atoms with Gasteiger partial charge in [0.25, 0.3) is 0 Å². The van der Waals surface area contributed by atoms with Gasteiger partial charge in [0.2, 0.25) is 11.8 Å². The van der Waals surface area contributed by atoms with Gasteiger partial charge in [0.15, 0.2) is 0 Å². The molecular weight excluding hydrogens is 324 g/mol. The van der Waals surface area contributed by atoms with Gasteiger partial charge in [-0.05, 0) is 24.5 Å². The number of nitrogens with zero attached hydrogens (tertiary/aromatic N) is 2. The van der Waals surface area contributed by atoms with E-state index < -0.39 is 0 Å². The first-order valence-electron chi connectivity index (χ1n) is 9.29. The Bertz CT molecular complexity index is 794. The number of benzene rings is 2. The highest BCUT2D eigenvalue weighted by Crippen LogP contribution is 2.34. The highest BCUT2D eigenvalue weighted by atomic mass is 16.2. The number of amides is 2. The molecule has 0 saturated carbocycles. The largest absolute Gasteiger partial charge is 0.297 e. The molecule has 2 amide bonds. The lowest BCUT2D eigenvalue weighted by Crippen LogP contribution is -2.37. The van der Waals surface area contributed by atoms with Crippen LogP contribution in [0.3, 0.4) is 0 Å². The van der Waals surface area contributed by atoms with Gasteiger partial charge in [-0.25, -0.2) is 0 Å². The molecule has 2 heterocycles. The third kappa shape index (κ3) is 3.29. The van der Waals surface area contributed by atoms with E-state index in [1.807, 2.05) is 30.3 Å². The minimum absolute atomic E-state index is 0.0164. The lowest BCUT2D eigenvalue weighted by atomic mass is 10.00. The fraction of sp³-hybridized carbons (Fsp3) is 0.364. The van der Waals surface area contributed by atoms with Gasteiger partial charge in [0.05, 0.1) is 11.8 Å². The standard InChI is InChI=1S/C22H24N2O2/c1-16-6-5-9-18(12-16)13-23-14-19-20(15-23)22(26)24(21(19)25)11-10-17-7-3-2-4-8-17/h2-9,12,19-20H,10-11,13-15H2,1H3/t19-,20+. The van der Waals surface area contributed by atoms with Crippen LogP contribution in [0, 0.1) is 18.8 Å². The van der Waals surface area contributed by atoms with Crippen molar-refractivity contribution in [1.29, 1.82) is 0 Å². The second kappa shape index (κ2) is 7.04. The summed E-state index contributed by atoms with van der Waals surface area (Å²) in [5.74, 6) is -0.295. The molecule has 4 rings (SSSR count). The van der Waals surface area contributed by atoms with E-state index in [0.29, 0.717) is 19.6 Å². The van der Waals surface area contributed by atoms with Crippen LogP contribution >= 0.6 is 0 Å². The van der Waals surface area contributed by atoms with Crippen molar-refractivity contribution in [2.45, 2.75) is 19.9 Å². The van der Waals surface area contributed by atoms with Gasteiger partial charge >= 0.3 is 0 Å². The maximum atomic E-state index is 12.7. The minimum Gasteiger partial charge on any atom is -0.297 e. The Morgan fingerprint density at radius 2 is 1.54 bits per heavy atom. The SMILES string of the molecule is Cc1cccc(CN2C[C@@H]3C(=O)N(CCc4ccccc4)C(=O)[C@@H]3C2)c1. The molecule has 0 aromatic heterocycles. The number of fused-ring (bicyclic) bond motifs is 1. The van der Waals surface area contributed by atoms with Crippen molar-refractivity contribution in [2.24, 2.45) is 11.8 Å². The molecule has 0 radical (unpaired) electrons. The quantitative estimate of drug-likeness (QED) is 0.780. The molecule has 2 aromatic rings. The molecule has 0 bridgehead atoms. The predicted molar refractivity (Wildman–Crippen MR) is 100 cm³/mol. The Balaban J connectivity index is 1.38. The van der Waals surface area contributed by atoms with E-state index in [4.69, 9.17) is 0 Å². The van der Waals surface area contributed by atoms with Crippen LogP contribution in [0.25, 0.3) is 0 Å². The minimum atomic E-state index is -0.164. The molecule has 2 aromatic carbocycles. The highest BCUT2D eigenvalue weighted by Gasteiger charge is 2.51. The summed E-state index contributed by atoms with van der Waals surface area (Å²) in [6.45, 7) is 4.75. The molecule has 2 aliphatic rings. The van der Waals surface area contributed by atoms with E-state index in [1.54, 1.807) is 0 Å². The summed E-state index contributed by atoms with van der Waals surface area (Å²) in [4.78, 5) is 29.2. The zero-order valence-electron chi connectivity index (χ0n) is 15.1. The van der Waals surface area contributed by atoms with E-state index in [-0.39, 0.29) is 23.7 Å². The number of hydrogen-bond acceptors (Lipinski definition) is 3. The molecule has 0 N–H and O–H groups in total. The van der Waals surface area contributed by atoms with Gasteiger partial charge in [-0.1, -0.05) is 60.2 Å². The number of hydrogen-bond donors (Lipinski definition) is 0. The monoisotopic (exact) mass is 348 g/mol. The van der Waals surface area contributed by atoms with Crippen molar-refractivity contribution in [3.63, 3.8) is 0 Å². The zero-order valence-corrected chi connectivity index (χ0v) is 15.1. The smallest absolute Gasteiger partial charge is 0.234 e. The summed E-state index contributed by atoms with van der Waals surface area (Å²) in [6, 6.07) is 18.4. The van der Waals surface area contributed by atoms with Crippen LogP contribution in [0.15, 0.2) is 54.6 Å². The van der Waals surface area contributed by atoms with Gasteiger partial charge < -0.3 is 0 Å². The fourth-order valence-electron chi connectivity index (χ4n) is 4.20. The van der Waals surface area contributed by atoms with Crippen molar-refractivity contribution < 1.29 is 9.59 Å². The molecule has 2 fully saturated rings. The Morgan fingerprint density at radius 3 is 2.19 bits per heavy atom. The van der Waals surface area contributed by atoms with E-state index in [9.17, 15) is 9.59 Å². The number of imide groups is 1. The topological polar surface area (TPSA) is 40.6 Å². The van der Waals surface area contributed by atoms with Gasteiger partial charge in [0, 0.05) is 26.2 Å². The molecule has 2 atom stereocenters. The maximum Gasteiger partial charge on any atom is 0.234 e. The second-order valence-corrected chi connectivity index (χ2v) is 7.46. The van der Waals surface area contributed by atoms with E-state index >= 15 is 0 Å². The zero-order chi connectivity index (χ0) is 18.1. The first-order chi connectivity index (χ1) is 12.6. The van der Waals surface area contributed by atoms with Gasteiger partial charge in [-0.3, -0.25) is 19.4 Å². The van der Waals surface area contributed by atoms with Crippen molar-refractivity contribution in [2.75, 3.05) is 19.6 Å². The summed E-state index contributed by atoms with van der Waals surface area (Å²) >= 11 is 0. The normalized spacial score (nSPS) is 22.9. The Hall–Kier alpha value is -2.46. The number of aryl methyl sites for hydroxylation is 1. The summed E-state index contributed by atoms with van der Waals surface area (Å²) in [6.07, 6.45) is 0.727. The highest BCUT2D eigenvalue weighted by molar-refractivity contribution is 6.05. The van der Waals surface area contributed by atoms with Gasteiger partial charge in [-0.2, -0.15) is 0 Å². The van der Waals surface area contributed by atoms with Crippen LogP contribution in [-0.2, 0) is 22.6 Å². The van der Waals surface area contributed by atoms with Crippen LogP contribution < -0.4 is 0 Å². The van der Waals surface area contributed by atoms with Crippen LogP contribution in [0.2, 0.25) is 0 Å². The Morgan fingerprint density at radius 1 is 0.885 bits per heavy atom. The Kier molecular flexibility index (Phi) is 4.60. The maximum absolute atomic E-state index is 12.7. The van der Waals surface area contributed by atoms with Gasteiger partial charge in [-0.15, -0.1) is 0 Å². The number of carbonyl (C=O) groups is 2. The summed E-state index contributed by atoms with van der Waals surface area (Å²) in [7, 11) is 0. The average molecular weight is 348 g/mol. The predicted octanol–water partition coefficient (Wildman–Crippen LogP) is 2.65. The Labute approximate surface area is 154 Å². The lowest BCUT2D eigenvalue weighted by Gasteiger charge is -2.20. The van der Waals surface area contributed by atoms with Crippen LogP contribution in [0.4, 0.5) is 0 Å². The molecule has 2 aliphatic heterocycles. The number of rotatable bonds is 5. The molecule has 0 aliphatic carbocycles. The number of carbonyl (C=O) groups excluding carboxylic acids is 2. The van der Waals surface area contributed by atoms with E-state index in [0.717, 1.165) is 18.5 Å². The van der Waals surface area contributed by atoms with Crippen molar-refractivity contribution in [3.05, 3.63) is 71.3 Å². The first-order valence-corrected chi connectivity index (χ1v) is 9.29. The first kappa shape index (κ1) is 17.0. The van der Waals surface area contributed by atoms with Crippen LogP contribution in [0.1, 0.15) is 16.7 Å². The van der Waals surface area contributed by atoms with Crippen molar-refractivity contribution >= 4 is 11.8 Å². The van der Waals surface area contributed by atoms with Crippen molar-refractivity contribution in [3.8, 4) is 0 Å². The molecule has 0 unspecified atom stereocenters. The summed E-state index contributed by atoms with van der Waals surface area (Å²) in [5, 5.41) is 0. The van der Waals surface area contributed by atoms with E-state index in [1.165, 1.54) is 16.0 Å². The third-order valence-electron chi connectivity index (χ3n) is 5.52. The number of likely N-dealkylation sites (tertiary alicyclic amines) is 2. The fourth-order valence-corrected chi connectivity index (χ4v) is 4.20. The molecule has 134 valence electrons. The molecule has 4 nitrogen and oxygen atoms in total. The van der Waals surface area contributed by atoms with Crippen LogP contribution in [-0.4, -0.2) is 41.2 Å². The summed E-state index contributed by atoms with van der Waals surface area (Å²) in [5.41, 5.74) is 3.64. The van der Waals surface area contributed by atoms with Crippen LogP contribution in [0.5, 0.6) is 0 Å². The van der Waals surface area contributed by atoms with Crippen molar-refractivity contribution in [1.82, 2.24) is 9.80 Å². The molecule has 26 heavy (non-hydrogen) atoms. The van der Waals surface area contributed by atoms with Gasteiger partial charge in [0.1, 0.15) is 0 Å². The lowest BCUT2D eigenvalue weighted by molar-refractivity contribution is -0.140. The molecule has 2 saturated heterocycles. The average Bonchev–Trinajstić information content (AvgIpc) is 3.14. The molecule has 0 spiro atoms. The third-order valence-corrected chi connectivity index (χ3v) is 5.52. The summed E-state index contributed by atoms with van der Waals surface area (Å²) < 4.78 is 0. The molecule has 4 heteroatoms.